The lowest BCUT2D eigenvalue weighted by atomic mass is 10.1. The summed E-state index contributed by atoms with van der Waals surface area (Å²) in [5, 5.41) is 7.52. The van der Waals surface area contributed by atoms with Gasteiger partial charge in [0.1, 0.15) is 0 Å². The zero-order valence-electron chi connectivity index (χ0n) is 19.9. The molecule has 1 aliphatic heterocycles. The summed E-state index contributed by atoms with van der Waals surface area (Å²) < 4.78 is 43.2. The Bertz CT molecular complexity index is 1240. The van der Waals surface area contributed by atoms with Crippen LogP contribution in [0, 0.1) is 6.92 Å². The summed E-state index contributed by atoms with van der Waals surface area (Å²) >= 11 is 0. The van der Waals surface area contributed by atoms with Gasteiger partial charge in [0.15, 0.2) is 11.6 Å². The molecule has 1 saturated heterocycles. The van der Waals surface area contributed by atoms with E-state index in [-0.39, 0.29) is 23.1 Å². The van der Waals surface area contributed by atoms with Crippen molar-refractivity contribution in [2.24, 2.45) is 0 Å². The van der Waals surface area contributed by atoms with E-state index >= 15 is 0 Å². The fourth-order valence-corrected chi connectivity index (χ4v) is 3.91. The molecular formula is C25H25F3N6O3. The van der Waals surface area contributed by atoms with E-state index in [9.17, 15) is 22.8 Å². The first-order chi connectivity index (χ1) is 17.6. The lowest BCUT2D eigenvalue weighted by molar-refractivity contribution is -0.274. The number of alkyl halides is 3. The zero-order valence-corrected chi connectivity index (χ0v) is 19.9. The van der Waals surface area contributed by atoms with E-state index in [4.69, 9.17) is 0 Å². The van der Waals surface area contributed by atoms with Gasteiger partial charge in [-0.1, -0.05) is 30.3 Å². The molecule has 3 amide bonds. The number of amides is 3. The van der Waals surface area contributed by atoms with Crippen LogP contribution in [0.15, 0.2) is 60.9 Å². The van der Waals surface area contributed by atoms with Crippen LogP contribution in [0.5, 0.6) is 5.75 Å². The predicted octanol–water partition coefficient (Wildman–Crippen LogP) is 4.33. The third-order valence-corrected chi connectivity index (χ3v) is 5.60. The molecule has 3 aromatic rings. The molecule has 37 heavy (non-hydrogen) atoms. The lowest BCUT2D eigenvalue weighted by Gasteiger charge is -2.18. The Labute approximate surface area is 211 Å². The molecular weight excluding hydrogens is 489 g/mol. The van der Waals surface area contributed by atoms with Crippen LogP contribution >= 0.6 is 0 Å². The first-order valence-electron chi connectivity index (χ1n) is 11.5. The summed E-state index contributed by atoms with van der Waals surface area (Å²) in [5.74, 6) is -1.15. The maximum Gasteiger partial charge on any atom is 0.573 e. The van der Waals surface area contributed by atoms with Crippen LogP contribution in [0.3, 0.4) is 0 Å². The van der Waals surface area contributed by atoms with E-state index in [1.54, 1.807) is 6.92 Å². The molecule has 4 rings (SSSR count). The number of anilines is 2. The van der Waals surface area contributed by atoms with E-state index in [1.165, 1.54) is 24.5 Å². The van der Waals surface area contributed by atoms with Gasteiger partial charge in [-0.2, -0.15) is 0 Å². The SMILES string of the molecule is Cc1cnc(NC(=O)Nc2ccc(C(=O)NC3CCN(Cc4ccccc4)C3)cc2OC(F)(F)F)cn1. The standard InChI is InChI=1S/C25H25F3N6O3/c1-16-12-30-22(13-29-16)33-24(36)32-20-8-7-18(11-21(20)37-25(26,27)28)23(35)31-19-9-10-34(15-19)14-17-5-3-2-4-6-17/h2-8,11-13,19H,9-10,14-15H2,1H3,(H,31,35)(H2,30,32,33,36). The van der Waals surface area contributed by atoms with Gasteiger partial charge in [-0.15, -0.1) is 13.2 Å². The Morgan fingerprint density at radius 2 is 1.86 bits per heavy atom. The summed E-state index contributed by atoms with van der Waals surface area (Å²) in [6.45, 7) is 3.86. The van der Waals surface area contributed by atoms with Gasteiger partial charge in [0.25, 0.3) is 5.91 Å². The van der Waals surface area contributed by atoms with Crippen molar-refractivity contribution >= 4 is 23.4 Å². The fourth-order valence-electron chi connectivity index (χ4n) is 3.91. The number of aryl methyl sites for hydroxylation is 1. The number of hydrogen-bond acceptors (Lipinski definition) is 6. The van der Waals surface area contributed by atoms with Crippen molar-refractivity contribution in [3.05, 3.63) is 77.7 Å². The number of carbonyl (C=O) groups is 2. The number of hydrogen-bond donors (Lipinski definition) is 3. The molecule has 2 heterocycles. The van der Waals surface area contributed by atoms with Gasteiger partial charge >= 0.3 is 12.4 Å². The zero-order chi connectivity index (χ0) is 26.4. The monoisotopic (exact) mass is 514 g/mol. The minimum Gasteiger partial charge on any atom is -0.404 e. The normalized spacial score (nSPS) is 15.7. The molecule has 1 aliphatic rings. The second kappa shape index (κ2) is 11.2. The van der Waals surface area contributed by atoms with E-state index in [0.29, 0.717) is 18.7 Å². The smallest absolute Gasteiger partial charge is 0.404 e. The van der Waals surface area contributed by atoms with Crippen LogP contribution in [0.2, 0.25) is 0 Å². The van der Waals surface area contributed by atoms with Gasteiger partial charge in [-0.05, 0) is 37.1 Å². The van der Waals surface area contributed by atoms with Crippen molar-refractivity contribution in [1.82, 2.24) is 20.2 Å². The Morgan fingerprint density at radius 1 is 1.08 bits per heavy atom. The topological polar surface area (TPSA) is 108 Å². The largest absolute Gasteiger partial charge is 0.573 e. The first kappa shape index (κ1) is 25.9. The van der Waals surface area contributed by atoms with E-state index in [1.807, 2.05) is 30.3 Å². The minimum atomic E-state index is -5.03. The molecule has 1 fully saturated rings. The summed E-state index contributed by atoms with van der Waals surface area (Å²) in [6.07, 6.45) is -1.59. The number of rotatable bonds is 7. The Kier molecular flexibility index (Phi) is 7.87. The molecule has 0 bridgehead atoms. The second-order valence-electron chi connectivity index (χ2n) is 8.56. The first-order valence-corrected chi connectivity index (χ1v) is 11.5. The van der Waals surface area contributed by atoms with Gasteiger partial charge in [0.05, 0.1) is 23.8 Å². The molecule has 1 unspecified atom stereocenters. The third kappa shape index (κ3) is 7.64. The summed E-state index contributed by atoms with van der Waals surface area (Å²) in [6, 6.07) is 12.3. The summed E-state index contributed by atoms with van der Waals surface area (Å²) in [7, 11) is 0. The van der Waals surface area contributed by atoms with Crippen LogP contribution in [0.4, 0.5) is 29.5 Å². The maximum atomic E-state index is 13.1. The Hall–Kier alpha value is -4.19. The van der Waals surface area contributed by atoms with Crippen molar-refractivity contribution in [1.29, 1.82) is 0 Å². The van der Waals surface area contributed by atoms with Crippen LogP contribution in [0.25, 0.3) is 0 Å². The highest BCUT2D eigenvalue weighted by molar-refractivity contribution is 6.01. The molecule has 1 aromatic heterocycles. The van der Waals surface area contributed by atoms with Gasteiger partial charge in [-0.25, -0.2) is 9.78 Å². The summed E-state index contributed by atoms with van der Waals surface area (Å²) in [5.41, 5.74) is 1.48. The molecule has 12 heteroatoms. The van der Waals surface area contributed by atoms with Crippen molar-refractivity contribution in [2.45, 2.75) is 32.3 Å². The highest BCUT2D eigenvalue weighted by Crippen LogP contribution is 2.31. The number of ether oxygens (including phenoxy) is 1. The van der Waals surface area contributed by atoms with Crippen LogP contribution in [0.1, 0.15) is 28.0 Å². The Morgan fingerprint density at radius 3 is 2.57 bits per heavy atom. The maximum absolute atomic E-state index is 13.1. The highest BCUT2D eigenvalue weighted by Gasteiger charge is 2.33. The third-order valence-electron chi connectivity index (χ3n) is 5.60. The van der Waals surface area contributed by atoms with Gasteiger partial charge in [0, 0.05) is 31.2 Å². The number of nitrogens with one attached hydrogen (secondary N) is 3. The molecule has 9 nitrogen and oxygen atoms in total. The average Bonchev–Trinajstić information content (AvgIpc) is 3.28. The number of benzene rings is 2. The number of urea groups is 1. The van der Waals surface area contributed by atoms with Gasteiger partial charge in [0.2, 0.25) is 0 Å². The van der Waals surface area contributed by atoms with Crippen molar-refractivity contribution in [3.8, 4) is 5.75 Å². The van der Waals surface area contributed by atoms with Crippen molar-refractivity contribution in [3.63, 3.8) is 0 Å². The van der Waals surface area contributed by atoms with Crippen LogP contribution in [-0.2, 0) is 6.54 Å². The van der Waals surface area contributed by atoms with Crippen molar-refractivity contribution in [2.75, 3.05) is 23.7 Å². The van der Waals surface area contributed by atoms with E-state index in [0.717, 1.165) is 24.7 Å². The molecule has 0 spiro atoms. The number of carbonyl (C=O) groups excluding carboxylic acids is 2. The highest BCUT2D eigenvalue weighted by atomic mass is 19.4. The van der Waals surface area contributed by atoms with Crippen molar-refractivity contribution < 1.29 is 27.5 Å². The van der Waals surface area contributed by atoms with Crippen LogP contribution < -0.4 is 20.7 Å². The lowest BCUT2D eigenvalue weighted by Crippen LogP contribution is -2.37. The minimum absolute atomic E-state index is 0.0314. The average molecular weight is 515 g/mol. The number of halogens is 3. The molecule has 194 valence electrons. The molecule has 3 N–H and O–H groups in total. The molecule has 2 aromatic carbocycles. The Balaban J connectivity index is 1.40. The predicted molar refractivity (Wildman–Crippen MR) is 130 cm³/mol. The van der Waals surface area contributed by atoms with E-state index < -0.39 is 24.1 Å². The fraction of sp³-hybridized carbons (Fsp3) is 0.280. The number of nitrogens with zero attached hydrogens (tertiary/aromatic N) is 3. The summed E-state index contributed by atoms with van der Waals surface area (Å²) in [4.78, 5) is 35.2. The van der Waals surface area contributed by atoms with Gasteiger partial charge < -0.3 is 15.4 Å². The molecule has 0 saturated carbocycles. The molecule has 0 radical (unpaired) electrons. The number of aromatic nitrogens is 2. The second-order valence-corrected chi connectivity index (χ2v) is 8.56. The molecule has 0 aliphatic carbocycles. The number of likely N-dealkylation sites (tertiary alicyclic amines) is 1. The van der Waals surface area contributed by atoms with Gasteiger partial charge in [-0.3, -0.25) is 20.0 Å². The molecule has 1 atom stereocenters. The quantitative estimate of drug-likeness (QED) is 0.433. The van der Waals surface area contributed by atoms with Crippen LogP contribution in [-0.4, -0.2) is 52.3 Å². The van der Waals surface area contributed by atoms with E-state index in [2.05, 4.69) is 35.6 Å².